The van der Waals surface area contributed by atoms with Gasteiger partial charge in [-0.15, -0.1) is 0 Å². The summed E-state index contributed by atoms with van der Waals surface area (Å²) in [6.07, 6.45) is 0.542. The summed E-state index contributed by atoms with van der Waals surface area (Å²) in [5.74, 6) is 0.0394. The lowest BCUT2D eigenvalue weighted by atomic mass is 9.95. The number of benzene rings is 4. The molecule has 0 spiro atoms. The largest absolute Gasteiger partial charge is 0.489 e. The molecule has 252 valence electrons. The van der Waals surface area contributed by atoms with Crippen molar-refractivity contribution in [1.82, 2.24) is 10.6 Å². The first-order valence-corrected chi connectivity index (χ1v) is 15.9. The highest BCUT2D eigenvalue weighted by molar-refractivity contribution is 6.13. The van der Waals surface area contributed by atoms with Crippen molar-refractivity contribution in [3.63, 3.8) is 0 Å². The highest BCUT2D eigenvalue weighted by Crippen LogP contribution is 2.42. The predicted octanol–water partition coefficient (Wildman–Crippen LogP) is 8.18. The second kappa shape index (κ2) is 13.0. The number of carbonyl (C=O) groups excluding carboxylic acids is 2. The molecule has 1 aliphatic heterocycles. The second-order valence-electron chi connectivity index (χ2n) is 12.0. The smallest absolute Gasteiger partial charge is 0.255 e. The normalized spacial score (nSPS) is 13.4. The Kier molecular flexibility index (Phi) is 8.45. The van der Waals surface area contributed by atoms with Crippen molar-refractivity contribution in [1.29, 1.82) is 0 Å². The van der Waals surface area contributed by atoms with Gasteiger partial charge in [-0.1, -0.05) is 13.2 Å². The number of furan rings is 2. The van der Waals surface area contributed by atoms with E-state index in [0.717, 1.165) is 0 Å². The summed E-state index contributed by atoms with van der Waals surface area (Å²) in [6.45, 7) is 8.77. The molecule has 2 amide bonds. The van der Waals surface area contributed by atoms with Gasteiger partial charge in [0.05, 0.1) is 11.1 Å². The molecule has 0 saturated heterocycles. The van der Waals surface area contributed by atoms with Gasteiger partial charge in [0.15, 0.2) is 0 Å². The van der Waals surface area contributed by atoms with Crippen molar-refractivity contribution in [2.24, 2.45) is 0 Å². The van der Waals surface area contributed by atoms with Gasteiger partial charge in [0.2, 0.25) is 0 Å². The van der Waals surface area contributed by atoms with E-state index in [1.54, 1.807) is 48.5 Å². The van der Waals surface area contributed by atoms with Crippen LogP contribution >= 0.6 is 0 Å². The first-order chi connectivity index (χ1) is 24.2. The number of rotatable bonds is 4. The van der Waals surface area contributed by atoms with E-state index in [2.05, 4.69) is 23.8 Å². The SMILES string of the molecule is C=C1COc2ccc3oc(-c4ccc(F)cc4)c(C(=O)NC)c3c2CC(=C)COc2ccc3oc(-c4ccc(F)cc4)c(C(=O)NC)c3c2C1. The summed E-state index contributed by atoms with van der Waals surface area (Å²) >= 11 is 0. The Morgan fingerprint density at radius 1 is 0.600 bits per heavy atom. The number of hydrogen-bond donors (Lipinski definition) is 2. The molecule has 0 fully saturated rings. The van der Waals surface area contributed by atoms with Gasteiger partial charge in [0.25, 0.3) is 11.8 Å². The molecule has 0 unspecified atom stereocenters. The van der Waals surface area contributed by atoms with Crippen LogP contribution in [0, 0.1) is 11.6 Å². The molecule has 2 N–H and O–H groups in total. The molecular weight excluding hydrogens is 642 g/mol. The first kappa shape index (κ1) is 32.4. The molecule has 0 radical (unpaired) electrons. The maximum atomic E-state index is 13.8. The zero-order valence-electron chi connectivity index (χ0n) is 27.4. The highest BCUT2D eigenvalue weighted by atomic mass is 19.1. The zero-order valence-corrected chi connectivity index (χ0v) is 27.4. The Labute approximate surface area is 286 Å². The Morgan fingerprint density at radius 3 is 1.34 bits per heavy atom. The lowest BCUT2D eigenvalue weighted by Gasteiger charge is -2.20. The average Bonchev–Trinajstić information content (AvgIpc) is 3.70. The second-order valence-corrected chi connectivity index (χ2v) is 12.0. The molecule has 3 heterocycles. The van der Waals surface area contributed by atoms with Gasteiger partial charge in [-0.3, -0.25) is 9.59 Å². The molecule has 0 aliphatic carbocycles. The van der Waals surface area contributed by atoms with Crippen LogP contribution in [-0.4, -0.2) is 39.1 Å². The van der Waals surface area contributed by atoms with Crippen LogP contribution in [0.5, 0.6) is 11.5 Å². The summed E-state index contributed by atoms with van der Waals surface area (Å²) in [4.78, 5) is 26.8. The summed E-state index contributed by atoms with van der Waals surface area (Å²) in [5.41, 5.74) is 5.28. The minimum Gasteiger partial charge on any atom is -0.489 e. The third-order valence-corrected chi connectivity index (χ3v) is 8.68. The van der Waals surface area contributed by atoms with Crippen LogP contribution < -0.4 is 20.1 Å². The fourth-order valence-corrected chi connectivity index (χ4v) is 6.36. The highest BCUT2D eigenvalue weighted by Gasteiger charge is 2.29. The summed E-state index contributed by atoms with van der Waals surface area (Å²) in [5, 5.41) is 6.51. The van der Waals surface area contributed by atoms with Crippen LogP contribution in [0.25, 0.3) is 44.6 Å². The molecule has 7 rings (SSSR count). The molecule has 1 aliphatic rings. The number of amides is 2. The van der Waals surface area contributed by atoms with Crippen LogP contribution in [0.15, 0.2) is 106 Å². The molecule has 10 heteroatoms. The molecule has 0 atom stereocenters. The van der Waals surface area contributed by atoms with E-state index in [1.807, 2.05) is 0 Å². The maximum Gasteiger partial charge on any atom is 0.255 e. The lowest BCUT2D eigenvalue weighted by molar-refractivity contribution is 0.0956. The van der Waals surface area contributed by atoms with Crippen LogP contribution in [0.1, 0.15) is 31.8 Å². The van der Waals surface area contributed by atoms with E-state index in [4.69, 9.17) is 18.3 Å². The molecule has 4 aromatic carbocycles. The van der Waals surface area contributed by atoms with Crippen LogP contribution in [0.2, 0.25) is 0 Å². The zero-order chi connectivity index (χ0) is 35.1. The number of ether oxygens (including phenoxy) is 2. The van der Waals surface area contributed by atoms with E-state index in [1.165, 1.54) is 38.4 Å². The van der Waals surface area contributed by atoms with Crippen LogP contribution in [0.4, 0.5) is 8.78 Å². The number of halogens is 2. The van der Waals surface area contributed by atoms with E-state index in [-0.39, 0.29) is 37.9 Å². The van der Waals surface area contributed by atoms with Gasteiger partial charge < -0.3 is 28.9 Å². The van der Waals surface area contributed by atoms with Gasteiger partial charge in [-0.2, -0.15) is 0 Å². The van der Waals surface area contributed by atoms with Crippen molar-refractivity contribution in [2.45, 2.75) is 12.8 Å². The average molecular weight is 675 g/mol. The molecule has 50 heavy (non-hydrogen) atoms. The fourth-order valence-electron chi connectivity index (χ4n) is 6.36. The molecule has 6 aromatic rings. The quantitative estimate of drug-likeness (QED) is 0.183. The first-order valence-electron chi connectivity index (χ1n) is 15.9. The van der Waals surface area contributed by atoms with E-state index in [9.17, 15) is 18.4 Å². The third-order valence-electron chi connectivity index (χ3n) is 8.68. The van der Waals surface area contributed by atoms with Gasteiger partial charge in [0.1, 0.15) is 59.0 Å². The number of carbonyl (C=O) groups is 2. The molecule has 8 nitrogen and oxygen atoms in total. The van der Waals surface area contributed by atoms with E-state index >= 15 is 0 Å². The van der Waals surface area contributed by atoms with Crippen LogP contribution in [0.3, 0.4) is 0 Å². The molecule has 0 bridgehead atoms. The lowest BCUT2D eigenvalue weighted by Crippen LogP contribution is -2.19. The van der Waals surface area contributed by atoms with Crippen molar-refractivity contribution >= 4 is 33.8 Å². The number of nitrogens with one attached hydrogen (secondary N) is 2. The Hall–Kier alpha value is -6.16. The van der Waals surface area contributed by atoms with Crippen molar-refractivity contribution in [2.75, 3.05) is 27.3 Å². The minimum atomic E-state index is -0.408. The van der Waals surface area contributed by atoms with Crippen molar-refractivity contribution in [3.05, 3.63) is 131 Å². The summed E-state index contributed by atoms with van der Waals surface area (Å²) in [7, 11) is 3.07. The molecule has 0 saturated carbocycles. The monoisotopic (exact) mass is 674 g/mol. The predicted molar refractivity (Wildman–Crippen MR) is 187 cm³/mol. The molecule has 2 aromatic heterocycles. The summed E-state index contributed by atoms with van der Waals surface area (Å²) in [6, 6.07) is 18.5. The summed E-state index contributed by atoms with van der Waals surface area (Å²) < 4.78 is 52.8. The van der Waals surface area contributed by atoms with Crippen molar-refractivity contribution < 1.29 is 36.7 Å². The number of hydrogen-bond acceptors (Lipinski definition) is 6. The topological polar surface area (TPSA) is 103 Å². The van der Waals surface area contributed by atoms with Gasteiger partial charge >= 0.3 is 0 Å². The van der Waals surface area contributed by atoms with Crippen LogP contribution in [-0.2, 0) is 12.8 Å². The van der Waals surface area contributed by atoms with Gasteiger partial charge in [0, 0.05) is 60.0 Å². The maximum absolute atomic E-state index is 13.8. The van der Waals surface area contributed by atoms with E-state index < -0.39 is 11.6 Å². The van der Waals surface area contributed by atoms with Gasteiger partial charge in [-0.25, -0.2) is 8.78 Å². The Morgan fingerprint density at radius 2 is 0.980 bits per heavy atom. The van der Waals surface area contributed by atoms with Gasteiger partial charge in [-0.05, 0) is 83.9 Å². The molecular formula is C40H32F2N2O6. The Balaban J connectivity index is 1.33. The van der Waals surface area contributed by atoms with E-state index in [0.29, 0.717) is 89.5 Å². The van der Waals surface area contributed by atoms with Crippen molar-refractivity contribution in [3.8, 4) is 34.1 Å². The standard InChI is InChI=1S/C40H32F2N2O6/c1-21-17-27-29(13-15-31-33(27)35(39(45)43-3)37(49-31)23-5-9-25(41)10-6-23)48-20-22(2)18-28-30(47-19-21)14-16-32-34(28)36(40(46)44-4)38(50-32)24-7-11-26(42)12-8-24/h5-16H,1-2,17-20H2,3-4H3,(H,43,45)(H,44,46). The minimum absolute atomic E-state index is 0.0940. The Bertz CT molecular complexity index is 2170. The number of fused-ring (bicyclic) bond motifs is 6. The third kappa shape index (κ3) is 5.78. The fraction of sp³-hybridized carbons (Fsp3) is 0.150.